The summed E-state index contributed by atoms with van der Waals surface area (Å²) in [6, 6.07) is 3.25. The Kier molecular flexibility index (Phi) is 6.88. The van der Waals surface area contributed by atoms with Crippen molar-refractivity contribution in [2.45, 2.75) is 59.8 Å². The smallest absolute Gasteiger partial charge is 0.343 e. The summed E-state index contributed by atoms with van der Waals surface area (Å²) in [5.74, 6) is 0.0419. The minimum Gasteiger partial charge on any atom is -0.458 e. The van der Waals surface area contributed by atoms with Crippen LogP contribution in [0.25, 0.3) is 23.2 Å². The van der Waals surface area contributed by atoms with E-state index in [1.54, 1.807) is 25.1 Å². The molecule has 0 amide bonds. The molecule has 0 bridgehead atoms. The highest BCUT2D eigenvalue weighted by Crippen LogP contribution is 2.37. The summed E-state index contributed by atoms with van der Waals surface area (Å²) in [7, 11) is 0. The van der Waals surface area contributed by atoms with Gasteiger partial charge in [-0.05, 0) is 30.5 Å². The van der Waals surface area contributed by atoms with Gasteiger partial charge < -0.3 is 14.4 Å². The van der Waals surface area contributed by atoms with Crippen LogP contribution >= 0.6 is 0 Å². The zero-order valence-electron chi connectivity index (χ0n) is 20.0. The van der Waals surface area contributed by atoms with E-state index in [2.05, 4.69) is 32.3 Å². The Hall–Kier alpha value is -3.59. The van der Waals surface area contributed by atoms with Crippen molar-refractivity contribution in [1.29, 1.82) is 0 Å². The van der Waals surface area contributed by atoms with E-state index in [4.69, 9.17) is 4.74 Å². The van der Waals surface area contributed by atoms with Crippen LogP contribution in [0.15, 0.2) is 29.6 Å². The molecule has 180 valence electrons. The normalized spacial score (nSPS) is 19.4. The number of carbonyl (C=O) groups excluding carboxylic acids is 1. The number of rotatable bonds is 3. The Morgan fingerprint density at radius 3 is 2.59 bits per heavy atom. The molecule has 4 rings (SSSR count). The molecule has 0 spiro atoms. The molecule has 34 heavy (non-hydrogen) atoms. The Morgan fingerprint density at radius 1 is 1.38 bits per heavy atom. The first-order chi connectivity index (χ1) is 16.0. The minimum absolute atomic E-state index is 0.0490. The summed E-state index contributed by atoms with van der Waals surface area (Å²) < 4.78 is 6.53. The Morgan fingerprint density at radius 2 is 2.03 bits per heavy atom. The molecule has 0 saturated carbocycles. The van der Waals surface area contributed by atoms with Gasteiger partial charge in [0, 0.05) is 18.1 Å². The van der Waals surface area contributed by atoms with Crippen LogP contribution < -0.4 is 16.1 Å². The zero-order valence-corrected chi connectivity index (χ0v) is 20.0. The van der Waals surface area contributed by atoms with Crippen molar-refractivity contribution in [2.75, 3.05) is 0 Å². The van der Waals surface area contributed by atoms with E-state index in [-0.39, 0.29) is 42.0 Å². The van der Waals surface area contributed by atoms with Gasteiger partial charge in [-0.1, -0.05) is 40.3 Å². The van der Waals surface area contributed by atoms with E-state index in [9.17, 15) is 24.8 Å². The van der Waals surface area contributed by atoms with Crippen molar-refractivity contribution in [2.24, 2.45) is 5.92 Å². The van der Waals surface area contributed by atoms with E-state index in [1.807, 2.05) is 0 Å². The number of aliphatic hydroxyl groups is 1. The lowest BCUT2D eigenvalue weighted by Gasteiger charge is -2.31. The van der Waals surface area contributed by atoms with Gasteiger partial charge in [-0.2, -0.15) is 0 Å². The van der Waals surface area contributed by atoms with Gasteiger partial charge in [-0.25, -0.2) is 9.78 Å². The number of hydrogen-bond donors (Lipinski definition) is 1. The minimum atomic E-state index is -1.91. The van der Waals surface area contributed by atoms with Crippen molar-refractivity contribution in [3.05, 3.63) is 72.5 Å². The predicted molar refractivity (Wildman–Crippen MR) is 128 cm³/mol. The number of fused-ring (bicyclic) bond motifs is 4. The average molecular weight is 468 g/mol. The first-order valence-corrected chi connectivity index (χ1v) is 11.1. The van der Waals surface area contributed by atoms with E-state index >= 15 is 0 Å². The third-order valence-corrected chi connectivity index (χ3v) is 5.68. The van der Waals surface area contributed by atoms with Crippen LogP contribution in [-0.2, 0) is 28.3 Å². The van der Waals surface area contributed by atoms with E-state index < -0.39 is 16.5 Å². The Bertz CT molecular complexity index is 1370. The highest BCUT2D eigenvalue weighted by atomic mass is 16.6. The molecule has 0 aliphatic carbocycles. The SMILES string of the molecule is C=C/C=c1/nc2c(c/c1=C(/C)[N+](=O)[O-])Cn1c-2cc2c(c1=O)COC(=O)C2(O)CC.CC(C)C. The lowest BCUT2D eigenvalue weighted by molar-refractivity contribution is -0.379. The summed E-state index contributed by atoms with van der Waals surface area (Å²) >= 11 is 0. The number of pyridine rings is 2. The van der Waals surface area contributed by atoms with Gasteiger partial charge in [0.1, 0.15) is 6.61 Å². The fourth-order valence-corrected chi connectivity index (χ4v) is 3.96. The molecular weight excluding hydrogens is 438 g/mol. The summed E-state index contributed by atoms with van der Waals surface area (Å²) in [6.45, 7) is 13.1. The van der Waals surface area contributed by atoms with Gasteiger partial charge in [-0.3, -0.25) is 14.9 Å². The molecule has 4 heterocycles. The number of carbonyl (C=O) groups is 1. The zero-order chi connectivity index (χ0) is 25.4. The first kappa shape index (κ1) is 25.0. The number of allylic oxidation sites excluding steroid dienone is 1. The fourth-order valence-electron chi connectivity index (χ4n) is 3.96. The predicted octanol–water partition coefficient (Wildman–Crippen LogP) is 1.96. The van der Waals surface area contributed by atoms with Gasteiger partial charge >= 0.3 is 5.97 Å². The molecule has 9 heteroatoms. The molecular formula is C25H29N3O6. The molecule has 0 saturated heterocycles. The number of nitrogens with zero attached hydrogens (tertiary/aromatic N) is 3. The third-order valence-electron chi connectivity index (χ3n) is 5.68. The number of hydrogen-bond acceptors (Lipinski definition) is 7. The van der Waals surface area contributed by atoms with E-state index in [1.165, 1.54) is 17.6 Å². The number of cyclic esters (lactones) is 1. The molecule has 0 aromatic carbocycles. The number of ether oxygens (including phenoxy) is 1. The highest BCUT2D eigenvalue weighted by molar-refractivity contribution is 5.84. The molecule has 0 fully saturated rings. The Labute approximate surface area is 196 Å². The van der Waals surface area contributed by atoms with E-state index in [0.29, 0.717) is 27.5 Å². The van der Waals surface area contributed by atoms with Gasteiger partial charge in [-0.15, -0.1) is 0 Å². The maximum Gasteiger partial charge on any atom is 0.343 e. The number of esters is 1. The maximum atomic E-state index is 13.1. The van der Waals surface area contributed by atoms with Crippen molar-refractivity contribution < 1.29 is 19.6 Å². The standard InChI is InChI=1S/C21H19N3O6.C4H10/c1-4-6-16-13(11(3)24(28)29)7-12-9-23-17(18(12)22-16)8-15-14(19(23)25)10-30-20(26)21(15,27)5-2;1-4(2)3/h4,6-8,27H,1,5,9-10H2,2-3H3;4H,1-3H3/b13-11+,16-6+;. The second-order valence-corrected chi connectivity index (χ2v) is 9.01. The van der Waals surface area contributed by atoms with Crippen molar-refractivity contribution in [3.8, 4) is 11.4 Å². The molecule has 1 unspecified atom stereocenters. The third kappa shape index (κ3) is 4.19. The van der Waals surface area contributed by atoms with Gasteiger partial charge in [0.2, 0.25) is 0 Å². The second-order valence-electron chi connectivity index (χ2n) is 9.01. The average Bonchev–Trinajstić information content (AvgIpc) is 3.13. The summed E-state index contributed by atoms with van der Waals surface area (Å²) in [5, 5.41) is 22.9. The molecule has 1 N–H and O–H groups in total. The van der Waals surface area contributed by atoms with Crippen LogP contribution in [0.2, 0.25) is 0 Å². The van der Waals surface area contributed by atoms with Crippen molar-refractivity contribution >= 4 is 17.7 Å². The monoisotopic (exact) mass is 467 g/mol. The molecule has 0 radical (unpaired) electrons. The van der Waals surface area contributed by atoms with Gasteiger partial charge in [0.05, 0.1) is 39.0 Å². The molecule has 2 aromatic heterocycles. The number of aromatic nitrogens is 2. The highest BCUT2D eigenvalue weighted by Gasteiger charge is 2.45. The van der Waals surface area contributed by atoms with Crippen LogP contribution in [0.4, 0.5) is 0 Å². The van der Waals surface area contributed by atoms with Crippen LogP contribution in [0.1, 0.15) is 57.7 Å². The van der Waals surface area contributed by atoms with Crippen LogP contribution in [0.3, 0.4) is 0 Å². The maximum absolute atomic E-state index is 13.1. The molecule has 2 aliphatic rings. The topological polar surface area (TPSA) is 125 Å². The van der Waals surface area contributed by atoms with E-state index in [0.717, 1.165) is 5.92 Å². The lowest BCUT2D eigenvalue weighted by atomic mass is 9.86. The molecule has 9 nitrogen and oxygen atoms in total. The molecule has 2 aromatic rings. The molecule has 2 aliphatic heterocycles. The Balaban J connectivity index is 0.000000751. The summed E-state index contributed by atoms with van der Waals surface area (Å²) in [6.07, 6.45) is 3.08. The van der Waals surface area contributed by atoms with Crippen LogP contribution in [0, 0.1) is 16.0 Å². The van der Waals surface area contributed by atoms with Crippen LogP contribution in [-0.4, -0.2) is 25.6 Å². The van der Waals surface area contributed by atoms with Crippen LogP contribution in [0.5, 0.6) is 0 Å². The summed E-state index contributed by atoms with van der Waals surface area (Å²) in [5.41, 5.74) is -0.359. The van der Waals surface area contributed by atoms with Gasteiger partial charge in [0.15, 0.2) is 5.60 Å². The van der Waals surface area contributed by atoms with Gasteiger partial charge in [0.25, 0.3) is 11.3 Å². The second kappa shape index (κ2) is 9.34. The van der Waals surface area contributed by atoms with Crippen molar-refractivity contribution in [1.82, 2.24) is 9.55 Å². The number of nitro groups is 1. The molecule has 1 atom stereocenters. The van der Waals surface area contributed by atoms with Crippen molar-refractivity contribution in [3.63, 3.8) is 0 Å². The summed E-state index contributed by atoms with van der Waals surface area (Å²) in [4.78, 5) is 40.7. The first-order valence-electron chi connectivity index (χ1n) is 11.1. The lowest BCUT2D eigenvalue weighted by Crippen LogP contribution is -2.44. The quantitative estimate of drug-likeness (QED) is 0.355. The largest absolute Gasteiger partial charge is 0.458 e. The fraction of sp³-hybridized carbons (Fsp3) is 0.400.